The van der Waals surface area contributed by atoms with Gasteiger partial charge in [-0.15, -0.1) is 0 Å². The molecule has 0 bridgehead atoms. The lowest BCUT2D eigenvalue weighted by molar-refractivity contribution is -0.132. The van der Waals surface area contributed by atoms with Crippen molar-refractivity contribution in [2.75, 3.05) is 45.0 Å². The second kappa shape index (κ2) is 8.85. The quantitative estimate of drug-likeness (QED) is 0.590. The predicted molar refractivity (Wildman–Crippen MR) is 122 cm³/mol. The minimum atomic E-state index is -0.275. The van der Waals surface area contributed by atoms with Gasteiger partial charge in [-0.05, 0) is 42.5 Å². The number of amides is 1. The van der Waals surface area contributed by atoms with Gasteiger partial charge in [0.1, 0.15) is 12.3 Å². The van der Waals surface area contributed by atoms with Gasteiger partial charge < -0.3 is 24.0 Å². The number of hydrogen-bond acceptors (Lipinski definition) is 7. The van der Waals surface area contributed by atoms with E-state index in [0.29, 0.717) is 30.3 Å². The summed E-state index contributed by atoms with van der Waals surface area (Å²) in [5, 5.41) is 0. The van der Waals surface area contributed by atoms with E-state index in [2.05, 4.69) is 9.88 Å². The van der Waals surface area contributed by atoms with Gasteiger partial charge in [0.15, 0.2) is 11.5 Å². The molecule has 1 saturated heterocycles. The Morgan fingerprint density at radius 2 is 1.76 bits per heavy atom. The van der Waals surface area contributed by atoms with E-state index in [1.165, 1.54) is 17.0 Å². The minimum Gasteiger partial charge on any atom is -0.497 e. The Balaban J connectivity index is 1.21. The summed E-state index contributed by atoms with van der Waals surface area (Å²) < 4.78 is 17.3. The lowest BCUT2D eigenvalue weighted by atomic mass is 10.1. The largest absolute Gasteiger partial charge is 0.497 e. The number of aromatic nitrogens is 2. The zero-order valence-electron chi connectivity index (χ0n) is 18.3. The van der Waals surface area contributed by atoms with Gasteiger partial charge >= 0.3 is 0 Å². The number of anilines is 1. The topological polar surface area (TPSA) is 86.1 Å². The van der Waals surface area contributed by atoms with Crippen LogP contribution in [0.1, 0.15) is 0 Å². The number of piperazine rings is 1. The standard InChI is InChI=1S/C24H24N4O5/c1-31-19-5-3-18(4-6-19)26-8-10-27(11-9-26)24(30)14-28-15-25-20(13-23(28)29)17-2-7-21-22(12-17)33-16-32-21/h2-7,12-13,15H,8-11,14,16H2,1H3. The molecule has 0 aliphatic carbocycles. The van der Waals surface area contributed by atoms with Crippen molar-refractivity contribution in [1.82, 2.24) is 14.5 Å². The van der Waals surface area contributed by atoms with Crippen molar-refractivity contribution in [3.8, 4) is 28.5 Å². The predicted octanol–water partition coefficient (Wildman–Crippen LogP) is 2.00. The molecule has 0 unspecified atom stereocenters. The molecule has 0 atom stereocenters. The van der Waals surface area contributed by atoms with Crippen LogP contribution in [-0.2, 0) is 11.3 Å². The van der Waals surface area contributed by atoms with E-state index in [1.807, 2.05) is 30.3 Å². The first kappa shape index (κ1) is 20.9. The molecule has 1 amide bonds. The van der Waals surface area contributed by atoms with E-state index in [4.69, 9.17) is 14.2 Å². The number of carbonyl (C=O) groups excluding carboxylic acids is 1. The second-order valence-electron chi connectivity index (χ2n) is 7.87. The summed E-state index contributed by atoms with van der Waals surface area (Å²) in [4.78, 5) is 33.8. The Kier molecular flexibility index (Phi) is 5.60. The molecule has 0 saturated carbocycles. The maximum Gasteiger partial charge on any atom is 0.254 e. The highest BCUT2D eigenvalue weighted by atomic mass is 16.7. The fourth-order valence-corrected chi connectivity index (χ4v) is 4.01. The highest BCUT2D eigenvalue weighted by Gasteiger charge is 2.22. The zero-order chi connectivity index (χ0) is 22.8. The molecule has 0 N–H and O–H groups in total. The van der Waals surface area contributed by atoms with Crippen molar-refractivity contribution in [2.45, 2.75) is 6.54 Å². The third-order valence-electron chi connectivity index (χ3n) is 5.92. The lowest BCUT2D eigenvalue weighted by Gasteiger charge is -2.36. The van der Waals surface area contributed by atoms with Crippen molar-refractivity contribution < 1.29 is 19.0 Å². The van der Waals surface area contributed by atoms with Crippen LogP contribution in [0.5, 0.6) is 17.2 Å². The molecule has 1 fully saturated rings. The van der Waals surface area contributed by atoms with E-state index in [0.717, 1.165) is 30.1 Å². The van der Waals surface area contributed by atoms with Gasteiger partial charge in [-0.3, -0.25) is 14.2 Å². The number of benzene rings is 2. The van der Waals surface area contributed by atoms with Crippen LogP contribution < -0.4 is 24.7 Å². The van der Waals surface area contributed by atoms with E-state index >= 15 is 0 Å². The first-order valence-electron chi connectivity index (χ1n) is 10.7. The molecule has 0 spiro atoms. The van der Waals surface area contributed by atoms with Crippen LogP contribution in [0.3, 0.4) is 0 Å². The molecule has 2 aromatic carbocycles. The Morgan fingerprint density at radius 1 is 1.00 bits per heavy atom. The lowest BCUT2D eigenvalue weighted by Crippen LogP contribution is -2.50. The smallest absolute Gasteiger partial charge is 0.254 e. The molecule has 1 aromatic heterocycles. The van der Waals surface area contributed by atoms with Crippen LogP contribution >= 0.6 is 0 Å². The zero-order valence-corrected chi connectivity index (χ0v) is 18.3. The third kappa shape index (κ3) is 4.34. The van der Waals surface area contributed by atoms with Crippen molar-refractivity contribution in [1.29, 1.82) is 0 Å². The Hall–Kier alpha value is -4.01. The van der Waals surface area contributed by atoms with Crippen LogP contribution in [0.4, 0.5) is 5.69 Å². The summed E-state index contributed by atoms with van der Waals surface area (Å²) >= 11 is 0. The van der Waals surface area contributed by atoms with E-state index in [9.17, 15) is 9.59 Å². The molecule has 170 valence electrons. The van der Waals surface area contributed by atoms with Gasteiger partial charge in [0.25, 0.3) is 5.56 Å². The molecule has 9 heteroatoms. The average molecular weight is 448 g/mol. The molecule has 2 aliphatic heterocycles. The van der Waals surface area contributed by atoms with Gasteiger partial charge in [0.2, 0.25) is 12.7 Å². The molecule has 3 heterocycles. The number of rotatable bonds is 5. The Bertz CT molecular complexity index is 1220. The highest BCUT2D eigenvalue weighted by Crippen LogP contribution is 2.35. The summed E-state index contributed by atoms with van der Waals surface area (Å²) in [6, 6.07) is 14.7. The molecule has 5 rings (SSSR count). The summed E-state index contributed by atoms with van der Waals surface area (Å²) in [5.41, 5.74) is 2.10. The number of hydrogen-bond donors (Lipinski definition) is 0. The highest BCUT2D eigenvalue weighted by molar-refractivity contribution is 5.76. The summed E-state index contributed by atoms with van der Waals surface area (Å²) in [6.45, 7) is 2.81. The maximum absolute atomic E-state index is 12.8. The molecule has 9 nitrogen and oxygen atoms in total. The van der Waals surface area contributed by atoms with Crippen LogP contribution in [0, 0.1) is 0 Å². The van der Waals surface area contributed by atoms with Gasteiger partial charge in [0, 0.05) is 43.5 Å². The molecule has 2 aliphatic rings. The van der Waals surface area contributed by atoms with Gasteiger partial charge in [-0.2, -0.15) is 0 Å². The van der Waals surface area contributed by atoms with E-state index in [-0.39, 0.29) is 24.8 Å². The number of fused-ring (bicyclic) bond motifs is 1. The third-order valence-corrected chi connectivity index (χ3v) is 5.92. The second-order valence-corrected chi connectivity index (χ2v) is 7.87. The first-order chi connectivity index (χ1) is 16.1. The summed E-state index contributed by atoms with van der Waals surface area (Å²) in [6.07, 6.45) is 1.42. The van der Waals surface area contributed by atoms with Crippen LogP contribution in [0.15, 0.2) is 59.7 Å². The number of carbonyl (C=O) groups is 1. The fraction of sp³-hybridized carbons (Fsp3) is 0.292. The van der Waals surface area contributed by atoms with E-state index in [1.54, 1.807) is 24.1 Å². The number of nitrogens with zero attached hydrogens (tertiary/aromatic N) is 4. The number of methoxy groups -OCH3 is 1. The van der Waals surface area contributed by atoms with Crippen molar-refractivity contribution in [2.24, 2.45) is 0 Å². The van der Waals surface area contributed by atoms with Gasteiger partial charge in [-0.1, -0.05) is 0 Å². The molecular weight excluding hydrogens is 424 g/mol. The van der Waals surface area contributed by atoms with Crippen LogP contribution in [-0.4, -0.2) is 60.4 Å². The molecule has 3 aromatic rings. The molecular formula is C24H24N4O5. The SMILES string of the molecule is COc1ccc(N2CCN(C(=O)Cn3cnc(-c4ccc5c(c4)OCO5)cc3=O)CC2)cc1. The normalized spacial score (nSPS) is 14.9. The summed E-state index contributed by atoms with van der Waals surface area (Å²) in [7, 11) is 1.64. The van der Waals surface area contributed by atoms with Crippen molar-refractivity contribution >= 4 is 11.6 Å². The molecule has 33 heavy (non-hydrogen) atoms. The Labute approximate surface area is 190 Å². The first-order valence-corrected chi connectivity index (χ1v) is 10.7. The van der Waals surface area contributed by atoms with Gasteiger partial charge in [0.05, 0.1) is 19.1 Å². The minimum absolute atomic E-state index is 0.0320. The van der Waals surface area contributed by atoms with E-state index < -0.39 is 0 Å². The van der Waals surface area contributed by atoms with Crippen molar-refractivity contribution in [3.63, 3.8) is 0 Å². The van der Waals surface area contributed by atoms with Gasteiger partial charge in [-0.25, -0.2) is 4.98 Å². The average Bonchev–Trinajstić information content (AvgIpc) is 3.33. The monoisotopic (exact) mass is 448 g/mol. The van der Waals surface area contributed by atoms with Crippen LogP contribution in [0.2, 0.25) is 0 Å². The van der Waals surface area contributed by atoms with Crippen LogP contribution in [0.25, 0.3) is 11.3 Å². The maximum atomic E-state index is 12.8. The van der Waals surface area contributed by atoms with Crippen molar-refractivity contribution in [3.05, 3.63) is 65.2 Å². The Morgan fingerprint density at radius 3 is 2.48 bits per heavy atom. The fourth-order valence-electron chi connectivity index (χ4n) is 4.01. The number of ether oxygens (including phenoxy) is 3. The molecule has 0 radical (unpaired) electrons. The summed E-state index contributed by atoms with van der Waals surface area (Å²) in [5.74, 6) is 2.02.